The maximum absolute atomic E-state index is 11.9. The molecule has 1 N–H and O–H groups in total. The molecule has 5 heteroatoms. The quantitative estimate of drug-likeness (QED) is 0.664. The normalized spacial score (nSPS) is 19.3. The van der Waals surface area contributed by atoms with Crippen LogP contribution in [0.2, 0.25) is 0 Å². The van der Waals surface area contributed by atoms with Gasteiger partial charge >= 0.3 is 6.03 Å². The standard InChI is InChI=1S/C14H17N3O2/c1-3-4-12-13(18)17(14(19)16-12)15-9-11-7-5-10(2)6-8-11/h5-9,12H,3-4H2,1-2H3,(H,16,19). The van der Waals surface area contributed by atoms with Crippen LogP contribution in [0.5, 0.6) is 0 Å². The molecule has 1 saturated heterocycles. The van der Waals surface area contributed by atoms with Gasteiger partial charge in [0.05, 0.1) is 6.21 Å². The molecule has 5 nitrogen and oxygen atoms in total. The Morgan fingerprint density at radius 1 is 1.32 bits per heavy atom. The number of nitrogens with one attached hydrogen (secondary N) is 1. The van der Waals surface area contributed by atoms with E-state index >= 15 is 0 Å². The first kappa shape index (κ1) is 13.3. The minimum Gasteiger partial charge on any atom is -0.324 e. The monoisotopic (exact) mass is 259 g/mol. The van der Waals surface area contributed by atoms with Crippen molar-refractivity contribution in [3.05, 3.63) is 35.4 Å². The molecular weight excluding hydrogens is 242 g/mol. The summed E-state index contributed by atoms with van der Waals surface area (Å²) >= 11 is 0. The van der Waals surface area contributed by atoms with Gasteiger partial charge in [-0.2, -0.15) is 5.10 Å². The van der Waals surface area contributed by atoms with Crippen LogP contribution in [0.1, 0.15) is 30.9 Å². The summed E-state index contributed by atoms with van der Waals surface area (Å²) in [6.07, 6.45) is 3.00. The minimum absolute atomic E-state index is 0.282. The lowest BCUT2D eigenvalue weighted by molar-refractivity contribution is -0.127. The van der Waals surface area contributed by atoms with Crippen LogP contribution in [0.3, 0.4) is 0 Å². The Labute approximate surface area is 112 Å². The van der Waals surface area contributed by atoms with Gasteiger partial charge in [0.15, 0.2) is 0 Å². The zero-order chi connectivity index (χ0) is 13.8. The number of urea groups is 1. The van der Waals surface area contributed by atoms with Crippen LogP contribution < -0.4 is 5.32 Å². The van der Waals surface area contributed by atoms with Crippen molar-refractivity contribution in [2.75, 3.05) is 0 Å². The maximum atomic E-state index is 11.9. The highest BCUT2D eigenvalue weighted by Gasteiger charge is 2.37. The molecule has 0 aromatic heterocycles. The smallest absolute Gasteiger partial charge is 0.324 e. The molecule has 1 fully saturated rings. The SMILES string of the molecule is CCCC1NC(=O)N(N=Cc2ccc(C)cc2)C1=O. The predicted molar refractivity (Wildman–Crippen MR) is 72.8 cm³/mol. The number of benzene rings is 1. The van der Waals surface area contributed by atoms with Gasteiger partial charge in [0, 0.05) is 0 Å². The summed E-state index contributed by atoms with van der Waals surface area (Å²) in [6, 6.07) is 6.79. The van der Waals surface area contributed by atoms with E-state index < -0.39 is 12.1 Å². The van der Waals surface area contributed by atoms with Gasteiger partial charge in [-0.15, -0.1) is 5.01 Å². The average molecular weight is 259 g/mol. The summed E-state index contributed by atoms with van der Waals surface area (Å²) in [5.41, 5.74) is 2.00. The number of amides is 3. The number of hydrogen-bond donors (Lipinski definition) is 1. The number of nitrogens with zero attached hydrogens (tertiary/aromatic N) is 2. The lowest BCUT2D eigenvalue weighted by Crippen LogP contribution is -2.28. The average Bonchev–Trinajstić information content (AvgIpc) is 2.65. The third-order valence-electron chi connectivity index (χ3n) is 2.97. The number of hydrogen-bond acceptors (Lipinski definition) is 3. The van der Waals surface area contributed by atoms with Crippen molar-refractivity contribution >= 4 is 18.2 Å². The molecule has 0 saturated carbocycles. The third kappa shape index (κ3) is 2.99. The molecule has 1 aromatic rings. The lowest BCUT2D eigenvalue weighted by atomic mass is 10.2. The van der Waals surface area contributed by atoms with E-state index in [9.17, 15) is 9.59 Å². The van der Waals surface area contributed by atoms with Crippen LogP contribution in [-0.2, 0) is 4.79 Å². The van der Waals surface area contributed by atoms with Crippen molar-refractivity contribution in [3.63, 3.8) is 0 Å². The van der Waals surface area contributed by atoms with Gasteiger partial charge in [0.2, 0.25) is 0 Å². The molecule has 0 radical (unpaired) electrons. The molecule has 1 unspecified atom stereocenters. The molecule has 2 rings (SSSR count). The zero-order valence-electron chi connectivity index (χ0n) is 11.1. The van der Waals surface area contributed by atoms with Gasteiger partial charge in [-0.3, -0.25) is 4.79 Å². The fraction of sp³-hybridized carbons (Fsp3) is 0.357. The second-order valence-corrected chi connectivity index (χ2v) is 4.60. The Bertz CT molecular complexity index is 508. The number of rotatable bonds is 4. The summed E-state index contributed by atoms with van der Waals surface area (Å²) in [6.45, 7) is 3.96. The van der Waals surface area contributed by atoms with E-state index in [1.54, 1.807) is 0 Å². The first-order valence-corrected chi connectivity index (χ1v) is 6.37. The first-order chi connectivity index (χ1) is 9.11. The fourth-order valence-corrected chi connectivity index (χ4v) is 1.89. The van der Waals surface area contributed by atoms with Crippen molar-refractivity contribution in [1.82, 2.24) is 10.3 Å². The lowest BCUT2D eigenvalue weighted by Gasteiger charge is -2.05. The Balaban J connectivity index is 2.08. The van der Waals surface area contributed by atoms with Gasteiger partial charge < -0.3 is 5.32 Å². The first-order valence-electron chi connectivity index (χ1n) is 6.37. The van der Waals surface area contributed by atoms with Crippen molar-refractivity contribution in [1.29, 1.82) is 0 Å². The Kier molecular flexibility index (Phi) is 3.94. The van der Waals surface area contributed by atoms with Crippen LogP contribution in [0.25, 0.3) is 0 Å². The second kappa shape index (κ2) is 5.65. The van der Waals surface area contributed by atoms with E-state index in [1.165, 1.54) is 6.21 Å². The minimum atomic E-state index is -0.452. The summed E-state index contributed by atoms with van der Waals surface area (Å²) < 4.78 is 0. The Hall–Kier alpha value is -2.17. The van der Waals surface area contributed by atoms with Crippen molar-refractivity contribution in [3.8, 4) is 0 Å². The molecular formula is C14H17N3O2. The maximum Gasteiger partial charge on any atom is 0.345 e. The second-order valence-electron chi connectivity index (χ2n) is 4.60. The van der Waals surface area contributed by atoms with E-state index in [-0.39, 0.29) is 5.91 Å². The van der Waals surface area contributed by atoms with Gasteiger partial charge in [0.1, 0.15) is 6.04 Å². The topological polar surface area (TPSA) is 61.8 Å². The van der Waals surface area contributed by atoms with Crippen molar-refractivity contribution in [2.45, 2.75) is 32.7 Å². The van der Waals surface area contributed by atoms with E-state index in [1.807, 2.05) is 38.1 Å². The zero-order valence-corrected chi connectivity index (χ0v) is 11.1. The van der Waals surface area contributed by atoms with Gasteiger partial charge in [-0.25, -0.2) is 4.79 Å². The van der Waals surface area contributed by atoms with Gasteiger partial charge in [0.25, 0.3) is 5.91 Å². The largest absolute Gasteiger partial charge is 0.345 e. The highest BCUT2D eigenvalue weighted by atomic mass is 16.2. The van der Waals surface area contributed by atoms with Crippen LogP contribution in [0, 0.1) is 6.92 Å². The highest BCUT2D eigenvalue weighted by Crippen LogP contribution is 2.11. The molecule has 0 aliphatic carbocycles. The Morgan fingerprint density at radius 2 is 2.00 bits per heavy atom. The molecule has 1 aromatic carbocycles. The van der Waals surface area contributed by atoms with Crippen molar-refractivity contribution < 1.29 is 9.59 Å². The van der Waals surface area contributed by atoms with E-state index in [0.717, 1.165) is 22.6 Å². The van der Waals surface area contributed by atoms with E-state index in [4.69, 9.17) is 0 Å². The van der Waals surface area contributed by atoms with E-state index in [2.05, 4.69) is 10.4 Å². The van der Waals surface area contributed by atoms with Gasteiger partial charge in [-0.05, 0) is 18.9 Å². The number of carbonyl (C=O) groups excluding carboxylic acids is 2. The molecule has 0 bridgehead atoms. The van der Waals surface area contributed by atoms with Crippen LogP contribution in [0.4, 0.5) is 4.79 Å². The summed E-state index contributed by atoms with van der Waals surface area (Å²) in [5.74, 6) is -0.282. The molecule has 1 heterocycles. The van der Waals surface area contributed by atoms with Crippen LogP contribution in [0.15, 0.2) is 29.4 Å². The van der Waals surface area contributed by atoms with Crippen LogP contribution in [-0.4, -0.2) is 29.2 Å². The Morgan fingerprint density at radius 3 is 2.63 bits per heavy atom. The number of carbonyl (C=O) groups is 2. The fourth-order valence-electron chi connectivity index (χ4n) is 1.89. The number of aryl methyl sites for hydroxylation is 1. The molecule has 100 valence electrons. The molecule has 1 aliphatic rings. The third-order valence-corrected chi connectivity index (χ3v) is 2.97. The molecule has 1 atom stereocenters. The van der Waals surface area contributed by atoms with Crippen molar-refractivity contribution in [2.24, 2.45) is 5.10 Å². The molecule has 3 amide bonds. The molecule has 19 heavy (non-hydrogen) atoms. The number of hydrazone groups is 1. The van der Waals surface area contributed by atoms with Gasteiger partial charge in [-0.1, -0.05) is 43.2 Å². The van der Waals surface area contributed by atoms with E-state index in [0.29, 0.717) is 6.42 Å². The van der Waals surface area contributed by atoms with Crippen LogP contribution >= 0.6 is 0 Å². The highest BCUT2D eigenvalue weighted by molar-refractivity contribution is 6.04. The summed E-state index contributed by atoms with van der Waals surface area (Å²) in [4.78, 5) is 23.5. The molecule has 0 spiro atoms. The summed E-state index contributed by atoms with van der Waals surface area (Å²) in [7, 11) is 0. The number of imide groups is 1. The summed E-state index contributed by atoms with van der Waals surface area (Å²) in [5, 5.41) is 7.49. The predicted octanol–water partition coefficient (Wildman–Crippen LogP) is 2.05. The molecule has 1 aliphatic heterocycles.